The molecule has 3 heterocycles. The molecule has 146 valence electrons. The molecule has 1 unspecified atom stereocenters. The first-order valence-electron chi connectivity index (χ1n) is 9.96. The highest BCUT2D eigenvalue weighted by atomic mass is 16.5. The van der Waals surface area contributed by atoms with Crippen LogP contribution in [-0.2, 0) is 4.74 Å². The van der Waals surface area contributed by atoms with Crippen LogP contribution in [0.1, 0.15) is 31.6 Å². The van der Waals surface area contributed by atoms with E-state index in [1.807, 2.05) is 6.07 Å². The molecule has 0 radical (unpaired) electrons. The van der Waals surface area contributed by atoms with Gasteiger partial charge in [0.2, 0.25) is 0 Å². The van der Waals surface area contributed by atoms with E-state index in [1.165, 1.54) is 12.8 Å². The molecule has 0 aromatic carbocycles. The standard InChI is InChI=1S/C19H33N5O2/c1-2-20-19(21-7-10-23-11-14-25-15-12-23)22-16-17(18-6-5-13-26-18)24-8-3-4-9-24/h5-6,13,17H,2-4,7-12,14-16H2,1H3,(H2,20,21,22). The molecule has 2 N–H and O–H groups in total. The lowest BCUT2D eigenvalue weighted by atomic mass is 10.2. The van der Waals surface area contributed by atoms with Crippen LogP contribution < -0.4 is 10.6 Å². The van der Waals surface area contributed by atoms with Crippen molar-refractivity contribution in [3.8, 4) is 0 Å². The van der Waals surface area contributed by atoms with E-state index in [9.17, 15) is 0 Å². The van der Waals surface area contributed by atoms with Crippen LogP contribution >= 0.6 is 0 Å². The second-order valence-electron chi connectivity index (χ2n) is 6.87. The number of rotatable bonds is 8. The predicted octanol–water partition coefficient (Wildman–Crippen LogP) is 1.30. The van der Waals surface area contributed by atoms with Gasteiger partial charge in [0.1, 0.15) is 5.76 Å². The minimum atomic E-state index is 0.224. The lowest BCUT2D eigenvalue weighted by Gasteiger charge is -2.27. The third-order valence-corrected chi connectivity index (χ3v) is 5.04. The van der Waals surface area contributed by atoms with E-state index in [1.54, 1.807) is 6.26 Å². The summed E-state index contributed by atoms with van der Waals surface area (Å²) in [6.45, 7) is 11.5. The Morgan fingerprint density at radius 2 is 2.00 bits per heavy atom. The van der Waals surface area contributed by atoms with Gasteiger partial charge >= 0.3 is 0 Å². The van der Waals surface area contributed by atoms with Crippen LogP contribution in [0.3, 0.4) is 0 Å². The summed E-state index contributed by atoms with van der Waals surface area (Å²) in [7, 11) is 0. The van der Waals surface area contributed by atoms with Gasteiger partial charge < -0.3 is 19.8 Å². The van der Waals surface area contributed by atoms with E-state index in [0.29, 0.717) is 6.54 Å². The van der Waals surface area contributed by atoms with Crippen LogP contribution in [0, 0.1) is 0 Å². The molecule has 7 nitrogen and oxygen atoms in total. The van der Waals surface area contributed by atoms with Crippen LogP contribution in [-0.4, -0.2) is 81.3 Å². The quantitative estimate of drug-likeness (QED) is 0.536. The predicted molar refractivity (Wildman–Crippen MR) is 103 cm³/mol. The monoisotopic (exact) mass is 363 g/mol. The Kier molecular flexibility index (Phi) is 7.79. The van der Waals surface area contributed by atoms with Gasteiger partial charge in [-0.3, -0.25) is 14.8 Å². The van der Waals surface area contributed by atoms with Crippen molar-refractivity contribution in [2.45, 2.75) is 25.8 Å². The van der Waals surface area contributed by atoms with Crippen molar-refractivity contribution in [2.75, 3.05) is 65.6 Å². The third-order valence-electron chi connectivity index (χ3n) is 5.04. The molecule has 2 saturated heterocycles. The number of furan rings is 1. The van der Waals surface area contributed by atoms with Crippen LogP contribution in [0.2, 0.25) is 0 Å². The molecule has 0 saturated carbocycles. The minimum absolute atomic E-state index is 0.224. The van der Waals surface area contributed by atoms with Crippen molar-refractivity contribution in [1.29, 1.82) is 0 Å². The summed E-state index contributed by atoms with van der Waals surface area (Å²) in [4.78, 5) is 9.76. The van der Waals surface area contributed by atoms with E-state index < -0.39 is 0 Å². The number of aliphatic imine (C=N–C) groups is 1. The maximum Gasteiger partial charge on any atom is 0.191 e. The Bertz CT molecular complexity index is 522. The van der Waals surface area contributed by atoms with Crippen LogP contribution in [0.15, 0.2) is 27.8 Å². The molecule has 3 rings (SSSR count). The zero-order valence-electron chi connectivity index (χ0n) is 16.0. The van der Waals surface area contributed by atoms with Crippen molar-refractivity contribution in [3.05, 3.63) is 24.2 Å². The van der Waals surface area contributed by atoms with Gasteiger partial charge in [-0.2, -0.15) is 0 Å². The molecule has 1 aromatic rings. The Labute approximate surface area is 156 Å². The van der Waals surface area contributed by atoms with Gasteiger partial charge in [0.25, 0.3) is 0 Å². The maximum atomic E-state index is 5.69. The summed E-state index contributed by atoms with van der Waals surface area (Å²) in [6, 6.07) is 4.26. The molecule has 1 aromatic heterocycles. The SMILES string of the molecule is CCNC(=NCC(c1ccco1)N1CCCC1)NCCN1CCOCC1. The minimum Gasteiger partial charge on any atom is -0.468 e. The summed E-state index contributed by atoms with van der Waals surface area (Å²) in [6.07, 6.45) is 4.28. The van der Waals surface area contributed by atoms with E-state index in [4.69, 9.17) is 14.1 Å². The summed E-state index contributed by atoms with van der Waals surface area (Å²) >= 11 is 0. The molecule has 0 spiro atoms. The zero-order chi connectivity index (χ0) is 18.0. The summed E-state index contributed by atoms with van der Waals surface area (Å²) < 4.78 is 11.1. The average Bonchev–Trinajstić information content (AvgIpc) is 3.37. The van der Waals surface area contributed by atoms with Gasteiger partial charge in [0, 0.05) is 32.7 Å². The number of hydrogen-bond donors (Lipinski definition) is 2. The highest BCUT2D eigenvalue weighted by Gasteiger charge is 2.25. The van der Waals surface area contributed by atoms with Gasteiger partial charge in [0.15, 0.2) is 5.96 Å². The lowest BCUT2D eigenvalue weighted by Crippen LogP contribution is -2.44. The van der Waals surface area contributed by atoms with Gasteiger partial charge in [0.05, 0.1) is 32.1 Å². The molecule has 7 heteroatoms. The average molecular weight is 364 g/mol. The topological polar surface area (TPSA) is 65.3 Å². The maximum absolute atomic E-state index is 5.69. The smallest absolute Gasteiger partial charge is 0.191 e. The van der Waals surface area contributed by atoms with Gasteiger partial charge in [-0.1, -0.05) is 0 Å². The van der Waals surface area contributed by atoms with Crippen LogP contribution in [0.25, 0.3) is 0 Å². The zero-order valence-corrected chi connectivity index (χ0v) is 16.0. The fourth-order valence-corrected chi connectivity index (χ4v) is 3.60. The fourth-order valence-electron chi connectivity index (χ4n) is 3.60. The molecular weight excluding hydrogens is 330 g/mol. The van der Waals surface area contributed by atoms with Crippen molar-refractivity contribution in [1.82, 2.24) is 20.4 Å². The van der Waals surface area contributed by atoms with E-state index in [2.05, 4.69) is 33.4 Å². The van der Waals surface area contributed by atoms with Gasteiger partial charge in [-0.15, -0.1) is 0 Å². The highest BCUT2D eigenvalue weighted by molar-refractivity contribution is 5.79. The van der Waals surface area contributed by atoms with Crippen molar-refractivity contribution in [2.24, 2.45) is 4.99 Å². The molecule has 2 aliphatic rings. The number of guanidine groups is 1. The van der Waals surface area contributed by atoms with Crippen molar-refractivity contribution in [3.63, 3.8) is 0 Å². The second-order valence-corrected chi connectivity index (χ2v) is 6.87. The molecule has 0 aliphatic carbocycles. The summed E-state index contributed by atoms with van der Waals surface area (Å²) in [5, 5.41) is 6.82. The number of ether oxygens (including phenoxy) is 1. The summed E-state index contributed by atoms with van der Waals surface area (Å²) in [5.74, 6) is 1.90. The Balaban J connectivity index is 1.53. The number of hydrogen-bond acceptors (Lipinski definition) is 5. The normalized spacial score (nSPS) is 21.0. The van der Waals surface area contributed by atoms with Gasteiger partial charge in [-0.05, 0) is 45.0 Å². The first kappa shape index (κ1) is 19.2. The largest absolute Gasteiger partial charge is 0.468 e. The van der Waals surface area contributed by atoms with Crippen LogP contribution in [0.5, 0.6) is 0 Å². The number of morpholine rings is 1. The number of likely N-dealkylation sites (tertiary alicyclic amines) is 1. The first-order valence-corrected chi connectivity index (χ1v) is 9.96. The second kappa shape index (κ2) is 10.5. The third kappa shape index (κ3) is 5.72. The van der Waals surface area contributed by atoms with Gasteiger partial charge in [-0.25, -0.2) is 0 Å². The summed E-state index contributed by atoms with van der Waals surface area (Å²) in [5.41, 5.74) is 0. The van der Waals surface area contributed by atoms with Crippen molar-refractivity contribution < 1.29 is 9.15 Å². The molecular formula is C19H33N5O2. The Hall–Kier alpha value is -1.57. The fraction of sp³-hybridized carbons (Fsp3) is 0.737. The first-order chi connectivity index (χ1) is 12.9. The highest BCUT2D eigenvalue weighted by Crippen LogP contribution is 2.25. The Morgan fingerprint density at radius 3 is 2.69 bits per heavy atom. The van der Waals surface area contributed by atoms with Crippen LogP contribution in [0.4, 0.5) is 0 Å². The number of nitrogens with zero attached hydrogens (tertiary/aromatic N) is 3. The molecule has 2 aliphatic heterocycles. The van der Waals surface area contributed by atoms with E-state index in [-0.39, 0.29) is 6.04 Å². The van der Waals surface area contributed by atoms with Crippen molar-refractivity contribution >= 4 is 5.96 Å². The molecule has 26 heavy (non-hydrogen) atoms. The van der Waals surface area contributed by atoms with E-state index in [0.717, 1.165) is 70.7 Å². The molecule has 1 atom stereocenters. The van der Waals surface area contributed by atoms with E-state index >= 15 is 0 Å². The lowest BCUT2D eigenvalue weighted by molar-refractivity contribution is 0.0389. The molecule has 0 bridgehead atoms. The molecule has 0 amide bonds. The molecule has 2 fully saturated rings. The number of nitrogens with one attached hydrogen (secondary N) is 2. The Morgan fingerprint density at radius 1 is 1.19 bits per heavy atom.